The van der Waals surface area contributed by atoms with E-state index in [0.29, 0.717) is 24.1 Å². The molecular weight excluding hydrogens is 406 g/mol. The molecule has 2 heterocycles. The fourth-order valence-corrected chi connectivity index (χ4v) is 4.49. The van der Waals surface area contributed by atoms with Crippen molar-refractivity contribution in [2.45, 2.75) is 31.7 Å². The number of sulfonamides is 1. The Labute approximate surface area is 169 Å². The number of carbonyl (C=O) groups is 1. The Morgan fingerprint density at radius 3 is 2.25 bits per heavy atom. The van der Waals surface area contributed by atoms with Crippen LogP contribution in [0.5, 0.6) is 0 Å². The highest BCUT2D eigenvalue weighted by atomic mass is 35.5. The summed E-state index contributed by atoms with van der Waals surface area (Å²) in [5.41, 5.74) is 6.27. The summed E-state index contributed by atoms with van der Waals surface area (Å²) in [4.78, 5) is 30.7. The Hall–Kier alpha value is -1.88. The van der Waals surface area contributed by atoms with Crippen molar-refractivity contribution in [3.8, 4) is 0 Å². The number of H-pyrrole nitrogens is 2. The zero-order valence-electron chi connectivity index (χ0n) is 16.1. The number of aromatic amines is 2. The van der Waals surface area contributed by atoms with Crippen molar-refractivity contribution in [3.05, 3.63) is 28.7 Å². The summed E-state index contributed by atoms with van der Waals surface area (Å²) in [5.74, 6) is -0.161. The third kappa shape index (κ3) is 4.24. The average molecular weight is 432 g/mol. The fourth-order valence-electron chi connectivity index (χ4n) is 3.04. The number of rotatable bonds is 3. The van der Waals surface area contributed by atoms with Crippen molar-refractivity contribution in [3.63, 3.8) is 0 Å². The molecule has 0 spiro atoms. The number of aromatic nitrogens is 2. The Balaban J connectivity index is 0.00000280. The third-order valence-corrected chi connectivity index (χ3v) is 6.77. The predicted octanol–water partition coefficient (Wildman–Crippen LogP) is 0.484. The summed E-state index contributed by atoms with van der Waals surface area (Å²) in [6, 6.07) is 3.83. The number of nitrogens with zero attached hydrogens (tertiary/aromatic N) is 2. The third-order valence-electron chi connectivity index (χ3n) is 4.87. The SMILES string of the molecule is CC(C)(C)[C@H](N)C(=O)N1CCN(S(=O)(=O)c2ccc3[nH]c(=O)[nH]c3c2)CC1.Cl. The van der Waals surface area contributed by atoms with Crippen LogP contribution in [0.2, 0.25) is 0 Å². The number of nitrogens with two attached hydrogens (primary N) is 1. The Bertz CT molecular complexity index is 1020. The number of piperazine rings is 1. The highest BCUT2D eigenvalue weighted by Gasteiger charge is 2.35. The van der Waals surface area contributed by atoms with Gasteiger partial charge in [0.05, 0.1) is 22.0 Å². The van der Waals surface area contributed by atoms with E-state index in [0.717, 1.165) is 0 Å². The van der Waals surface area contributed by atoms with Crippen molar-refractivity contribution in [1.82, 2.24) is 19.2 Å². The predicted molar refractivity (Wildman–Crippen MR) is 109 cm³/mol. The lowest BCUT2D eigenvalue weighted by molar-refractivity contribution is -0.136. The molecule has 1 saturated heterocycles. The maximum atomic E-state index is 12.9. The van der Waals surface area contributed by atoms with E-state index in [9.17, 15) is 18.0 Å². The molecule has 1 aromatic carbocycles. The summed E-state index contributed by atoms with van der Waals surface area (Å²) in [6.07, 6.45) is 0. The number of hydrogen-bond acceptors (Lipinski definition) is 5. The summed E-state index contributed by atoms with van der Waals surface area (Å²) in [7, 11) is -3.71. The molecular formula is C17H26ClN5O4S. The molecule has 1 aromatic heterocycles. The second kappa shape index (κ2) is 7.86. The number of nitrogens with one attached hydrogen (secondary N) is 2. The molecule has 2 aromatic rings. The lowest BCUT2D eigenvalue weighted by atomic mass is 9.86. The Kier molecular flexibility index (Phi) is 6.29. The van der Waals surface area contributed by atoms with Crippen molar-refractivity contribution < 1.29 is 13.2 Å². The van der Waals surface area contributed by atoms with Gasteiger partial charge in [0.2, 0.25) is 15.9 Å². The molecule has 1 fully saturated rings. The van der Waals surface area contributed by atoms with Crippen LogP contribution >= 0.6 is 12.4 Å². The van der Waals surface area contributed by atoms with Gasteiger partial charge in [-0.15, -0.1) is 12.4 Å². The summed E-state index contributed by atoms with van der Waals surface area (Å²) < 4.78 is 27.2. The highest BCUT2D eigenvalue weighted by molar-refractivity contribution is 7.89. The standard InChI is InChI=1S/C17H25N5O4S.ClH/c1-17(2,3)14(18)15(23)21-6-8-22(9-7-21)27(25,26)11-4-5-12-13(10-11)20-16(24)19-12;/h4-5,10,14H,6-9,18H2,1-3H3,(H2,19,20,24);1H/t14-;/m1./s1. The first-order valence-electron chi connectivity index (χ1n) is 8.77. The minimum Gasteiger partial charge on any atom is -0.339 e. The molecule has 0 unspecified atom stereocenters. The number of amides is 1. The molecule has 0 bridgehead atoms. The lowest BCUT2D eigenvalue weighted by Gasteiger charge is -2.37. The van der Waals surface area contributed by atoms with Gasteiger partial charge in [0, 0.05) is 26.2 Å². The number of carbonyl (C=O) groups excluding carboxylic acids is 1. The Morgan fingerprint density at radius 1 is 1.11 bits per heavy atom. The van der Waals surface area contributed by atoms with E-state index >= 15 is 0 Å². The van der Waals surface area contributed by atoms with E-state index in [1.54, 1.807) is 11.0 Å². The summed E-state index contributed by atoms with van der Waals surface area (Å²) in [6.45, 7) is 6.70. The van der Waals surface area contributed by atoms with Gasteiger partial charge in [0.15, 0.2) is 0 Å². The molecule has 4 N–H and O–H groups in total. The Morgan fingerprint density at radius 2 is 1.68 bits per heavy atom. The molecule has 0 saturated carbocycles. The molecule has 1 aliphatic rings. The molecule has 11 heteroatoms. The van der Waals surface area contributed by atoms with Crippen LogP contribution in [0.4, 0.5) is 0 Å². The minimum atomic E-state index is -3.71. The number of hydrogen-bond donors (Lipinski definition) is 3. The molecule has 1 aliphatic heterocycles. The van der Waals surface area contributed by atoms with Crippen LogP contribution in [0.15, 0.2) is 27.9 Å². The maximum absolute atomic E-state index is 12.9. The fraction of sp³-hybridized carbons (Fsp3) is 0.529. The number of halogens is 1. The van der Waals surface area contributed by atoms with Crippen molar-refractivity contribution in [2.24, 2.45) is 11.1 Å². The quantitative estimate of drug-likeness (QED) is 0.650. The smallest absolute Gasteiger partial charge is 0.323 e. The summed E-state index contributed by atoms with van der Waals surface area (Å²) >= 11 is 0. The van der Waals surface area contributed by atoms with Gasteiger partial charge in [-0.2, -0.15) is 4.31 Å². The molecule has 0 aliphatic carbocycles. The van der Waals surface area contributed by atoms with Crippen LogP contribution in [0.1, 0.15) is 20.8 Å². The monoisotopic (exact) mass is 431 g/mol. The molecule has 9 nitrogen and oxygen atoms in total. The molecule has 156 valence electrons. The van der Waals surface area contributed by atoms with Gasteiger partial charge in [0.25, 0.3) is 0 Å². The molecule has 28 heavy (non-hydrogen) atoms. The normalized spacial score (nSPS) is 17.4. The topological polar surface area (TPSA) is 132 Å². The zero-order valence-corrected chi connectivity index (χ0v) is 17.7. The number of imidazole rings is 1. The number of benzene rings is 1. The van der Waals surface area contributed by atoms with Crippen molar-refractivity contribution in [1.29, 1.82) is 0 Å². The number of fused-ring (bicyclic) bond motifs is 1. The van der Waals surface area contributed by atoms with E-state index in [2.05, 4.69) is 9.97 Å². The largest absolute Gasteiger partial charge is 0.339 e. The maximum Gasteiger partial charge on any atom is 0.323 e. The van der Waals surface area contributed by atoms with Crippen LogP contribution in [0.3, 0.4) is 0 Å². The molecule has 1 atom stereocenters. The zero-order chi connectivity index (χ0) is 20.0. The van der Waals surface area contributed by atoms with E-state index in [4.69, 9.17) is 5.73 Å². The molecule has 0 radical (unpaired) electrons. The van der Waals surface area contributed by atoms with Gasteiger partial charge < -0.3 is 20.6 Å². The van der Waals surface area contributed by atoms with E-state index in [1.165, 1.54) is 16.4 Å². The van der Waals surface area contributed by atoms with Crippen LogP contribution in [-0.4, -0.2) is 65.7 Å². The van der Waals surface area contributed by atoms with E-state index < -0.39 is 16.1 Å². The van der Waals surface area contributed by atoms with Crippen molar-refractivity contribution in [2.75, 3.05) is 26.2 Å². The average Bonchev–Trinajstić information content (AvgIpc) is 2.98. The van der Waals surface area contributed by atoms with Crippen molar-refractivity contribution >= 4 is 39.4 Å². The van der Waals surface area contributed by atoms with Gasteiger partial charge in [-0.25, -0.2) is 13.2 Å². The molecule has 3 rings (SSSR count). The van der Waals surface area contributed by atoms with E-state index in [1.807, 2.05) is 20.8 Å². The first kappa shape index (κ1) is 22.4. The van der Waals surface area contributed by atoms with Crippen LogP contribution in [0, 0.1) is 5.41 Å². The van der Waals surface area contributed by atoms with E-state index in [-0.39, 0.29) is 47.4 Å². The second-order valence-electron chi connectivity index (χ2n) is 7.86. The summed E-state index contributed by atoms with van der Waals surface area (Å²) in [5, 5.41) is 0. The highest BCUT2D eigenvalue weighted by Crippen LogP contribution is 2.23. The van der Waals surface area contributed by atoms with Gasteiger partial charge in [-0.05, 0) is 23.6 Å². The van der Waals surface area contributed by atoms with Gasteiger partial charge in [-0.3, -0.25) is 4.79 Å². The molecule has 1 amide bonds. The van der Waals surface area contributed by atoms with Gasteiger partial charge in [0.1, 0.15) is 0 Å². The second-order valence-corrected chi connectivity index (χ2v) is 9.80. The van der Waals surface area contributed by atoms with Crippen LogP contribution in [-0.2, 0) is 14.8 Å². The first-order chi connectivity index (χ1) is 12.5. The van der Waals surface area contributed by atoms with Gasteiger partial charge in [-0.1, -0.05) is 20.8 Å². The van der Waals surface area contributed by atoms with Crippen LogP contribution < -0.4 is 11.4 Å². The lowest BCUT2D eigenvalue weighted by Crippen LogP contribution is -2.56. The van der Waals surface area contributed by atoms with Gasteiger partial charge >= 0.3 is 5.69 Å². The van der Waals surface area contributed by atoms with Crippen LogP contribution in [0.25, 0.3) is 11.0 Å². The minimum absolute atomic E-state index is 0. The first-order valence-corrected chi connectivity index (χ1v) is 10.2.